The van der Waals surface area contributed by atoms with Gasteiger partial charge in [-0.15, -0.1) is 5.10 Å². The first-order valence-corrected chi connectivity index (χ1v) is 6.77. The van der Waals surface area contributed by atoms with E-state index in [9.17, 15) is 26.7 Å². The second-order valence-electron chi connectivity index (χ2n) is 5.37. The Labute approximate surface area is 128 Å². The largest absolute Gasteiger partial charge is 0.479 e. The summed E-state index contributed by atoms with van der Waals surface area (Å²) in [5.41, 5.74) is -2.20. The van der Waals surface area contributed by atoms with Gasteiger partial charge in [-0.1, -0.05) is 0 Å². The number of halogens is 5. The highest BCUT2D eigenvalue weighted by Gasteiger charge is 2.45. The third kappa shape index (κ3) is 3.56. The van der Waals surface area contributed by atoms with Crippen LogP contribution in [0.15, 0.2) is 0 Å². The molecule has 0 saturated heterocycles. The first kappa shape index (κ1) is 17.5. The zero-order chi connectivity index (χ0) is 17.4. The Hall–Kier alpha value is -1.87. The van der Waals surface area contributed by atoms with E-state index in [1.165, 1.54) is 0 Å². The number of aromatic nitrogens is 2. The normalized spacial score (nSPS) is 20.6. The maximum atomic E-state index is 13.2. The van der Waals surface area contributed by atoms with E-state index in [1.807, 2.05) is 0 Å². The molecule has 1 heterocycles. The molecule has 1 aliphatic rings. The highest BCUT2D eigenvalue weighted by atomic mass is 19.4. The number of esters is 1. The molecular formula is C13H15F5N2O3. The zero-order valence-corrected chi connectivity index (χ0v) is 12.4. The molecule has 1 saturated carbocycles. The number of methoxy groups -OCH3 is 2. The zero-order valence-electron chi connectivity index (χ0n) is 12.4. The van der Waals surface area contributed by atoms with Crippen molar-refractivity contribution in [2.75, 3.05) is 14.2 Å². The fourth-order valence-corrected chi connectivity index (χ4v) is 2.72. The van der Waals surface area contributed by atoms with E-state index >= 15 is 0 Å². The van der Waals surface area contributed by atoms with Crippen LogP contribution in [0.1, 0.15) is 35.3 Å². The second-order valence-corrected chi connectivity index (χ2v) is 5.37. The molecule has 0 amide bonds. The highest BCUT2D eigenvalue weighted by Crippen LogP contribution is 2.42. The van der Waals surface area contributed by atoms with E-state index in [0.717, 1.165) is 18.9 Å². The highest BCUT2D eigenvalue weighted by molar-refractivity contribution is 5.90. The first-order valence-electron chi connectivity index (χ1n) is 6.77. The van der Waals surface area contributed by atoms with E-state index in [1.54, 1.807) is 0 Å². The molecule has 0 bridgehead atoms. The molecule has 10 heteroatoms. The Kier molecular flexibility index (Phi) is 4.54. The van der Waals surface area contributed by atoms with Crippen molar-refractivity contribution in [2.45, 2.75) is 37.9 Å². The summed E-state index contributed by atoms with van der Waals surface area (Å²) in [7, 11) is 1.91. The van der Waals surface area contributed by atoms with Gasteiger partial charge in [0, 0.05) is 19.4 Å². The lowest BCUT2D eigenvalue weighted by atomic mass is 10.1. The lowest BCUT2D eigenvalue weighted by molar-refractivity contribution is -0.139. The van der Waals surface area contributed by atoms with E-state index in [2.05, 4.69) is 14.6 Å². The summed E-state index contributed by atoms with van der Waals surface area (Å²) in [6, 6.07) is 0. The minimum Gasteiger partial charge on any atom is -0.479 e. The predicted molar refractivity (Wildman–Crippen MR) is 67.4 cm³/mol. The van der Waals surface area contributed by atoms with Gasteiger partial charge in [-0.05, 0) is 12.3 Å². The SMILES string of the molecule is COC(=O)c1c(C(F)(F)F)c(OC)nn1CC1CCC(F)(F)C1. The molecule has 0 N–H and O–H groups in total. The third-order valence-electron chi connectivity index (χ3n) is 3.71. The summed E-state index contributed by atoms with van der Waals surface area (Å²) in [6.07, 6.45) is -5.56. The molecule has 0 radical (unpaired) electrons. The van der Waals surface area contributed by atoms with Gasteiger partial charge in [-0.25, -0.2) is 13.6 Å². The number of carbonyl (C=O) groups is 1. The van der Waals surface area contributed by atoms with Crippen LogP contribution in [0.2, 0.25) is 0 Å². The maximum absolute atomic E-state index is 13.2. The Morgan fingerprint density at radius 1 is 1.39 bits per heavy atom. The van der Waals surface area contributed by atoms with Crippen molar-refractivity contribution < 1.29 is 36.2 Å². The molecule has 0 aromatic carbocycles. The van der Waals surface area contributed by atoms with Crippen molar-refractivity contribution in [3.8, 4) is 5.88 Å². The van der Waals surface area contributed by atoms with Crippen molar-refractivity contribution in [2.24, 2.45) is 5.92 Å². The molecule has 1 aromatic heterocycles. The molecule has 2 rings (SSSR count). The van der Waals surface area contributed by atoms with Gasteiger partial charge in [0.25, 0.3) is 0 Å². The average molecular weight is 342 g/mol. The van der Waals surface area contributed by atoms with E-state index in [4.69, 9.17) is 0 Å². The molecule has 1 fully saturated rings. The van der Waals surface area contributed by atoms with Gasteiger partial charge in [-0.2, -0.15) is 13.2 Å². The monoisotopic (exact) mass is 342 g/mol. The molecule has 0 spiro atoms. The number of hydrogen-bond donors (Lipinski definition) is 0. The van der Waals surface area contributed by atoms with Gasteiger partial charge in [0.2, 0.25) is 11.8 Å². The van der Waals surface area contributed by atoms with Crippen molar-refractivity contribution in [3.05, 3.63) is 11.3 Å². The summed E-state index contributed by atoms with van der Waals surface area (Å²) in [4.78, 5) is 11.7. The minimum atomic E-state index is -4.90. The fourth-order valence-electron chi connectivity index (χ4n) is 2.72. The minimum absolute atomic E-state index is 0.136. The average Bonchev–Trinajstić information content (AvgIpc) is 2.97. The first-order chi connectivity index (χ1) is 10.6. The Bertz CT molecular complexity index is 597. The van der Waals surface area contributed by atoms with Gasteiger partial charge in [0.15, 0.2) is 11.3 Å². The number of ether oxygens (including phenoxy) is 2. The molecule has 130 valence electrons. The van der Waals surface area contributed by atoms with Crippen molar-refractivity contribution >= 4 is 5.97 Å². The summed E-state index contributed by atoms with van der Waals surface area (Å²) >= 11 is 0. The van der Waals surface area contributed by atoms with E-state index < -0.39 is 47.5 Å². The van der Waals surface area contributed by atoms with Crippen LogP contribution < -0.4 is 4.74 Å². The standard InChI is InChI=1S/C13H15F5N2O3/c1-22-10-8(13(16,17)18)9(11(21)23-2)20(19-10)6-7-3-4-12(14,15)5-7/h7H,3-6H2,1-2H3. The van der Waals surface area contributed by atoms with Gasteiger partial charge >= 0.3 is 12.1 Å². The van der Waals surface area contributed by atoms with E-state index in [0.29, 0.717) is 0 Å². The molecule has 1 unspecified atom stereocenters. The number of alkyl halides is 5. The molecule has 1 aromatic rings. The van der Waals surface area contributed by atoms with Crippen LogP contribution in [0.5, 0.6) is 5.88 Å². The molecule has 1 atom stereocenters. The van der Waals surface area contributed by atoms with Gasteiger partial charge < -0.3 is 9.47 Å². The molecule has 5 nitrogen and oxygen atoms in total. The summed E-state index contributed by atoms with van der Waals surface area (Å²) < 4.78 is 75.7. The number of rotatable bonds is 4. The topological polar surface area (TPSA) is 53.4 Å². The van der Waals surface area contributed by atoms with Crippen molar-refractivity contribution in [1.29, 1.82) is 0 Å². The van der Waals surface area contributed by atoms with Crippen molar-refractivity contribution in [3.63, 3.8) is 0 Å². The molecule has 23 heavy (non-hydrogen) atoms. The van der Waals surface area contributed by atoms with Crippen LogP contribution in [0, 0.1) is 5.92 Å². The quantitative estimate of drug-likeness (QED) is 0.623. The molecule has 0 aliphatic heterocycles. The maximum Gasteiger partial charge on any atom is 0.424 e. The summed E-state index contributed by atoms with van der Waals surface area (Å²) in [6.45, 7) is -0.244. The Morgan fingerprint density at radius 3 is 2.48 bits per heavy atom. The molecule has 1 aliphatic carbocycles. The lowest BCUT2D eigenvalue weighted by Gasteiger charge is -2.13. The number of carbonyl (C=O) groups excluding carboxylic acids is 1. The van der Waals surface area contributed by atoms with Crippen LogP contribution in [-0.4, -0.2) is 35.9 Å². The van der Waals surface area contributed by atoms with E-state index in [-0.39, 0.29) is 19.4 Å². The Morgan fingerprint density at radius 2 is 2.04 bits per heavy atom. The fraction of sp³-hybridized carbons (Fsp3) is 0.692. The van der Waals surface area contributed by atoms with Crippen LogP contribution in [0.4, 0.5) is 22.0 Å². The van der Waals surface area contributed by atoms with Crippen LogP contribution >= 0.6 is 0 Å². The smallest absolute Gasteiger partial charge is 0.424 e. The summed E-state index contributed by atoms with van der Waals surface area (Å²) in [5, 5.41) is 3.60. The van der Waals surface area contributed by atoms with Gasteiger partial charge in [0.1, 0.15) is 0 Å². The molecular weight excluding hydrogens is 327 g/mol. The van der Waals surface area contributed by atoms with Crippen LogP contribution in [0.25, 0.3) is 0 Å². The second kappa shape index (κ2) is 5.97. The van der Waals surface area contributed by atoms with Crippen LogP contribution in [-0.2, 0) is 17.5 Å². The Balaban J connectivity index is 2.43. The number of hydrogen-bond acceptors (Lipinski definition) is 4. The predicted octanol–water partition coefficient (Wildman–Crippen LogP) is 3.13. The van der Waals surface area contributed by atoms with Crippen molar-refractivity contribution in [1.82, 2.24) is 9.78 Å². The lowest BCUT2D eigenvalue weighted by Crippen LogP contribution is -2.20. The van der Waals surface area contributed by atoms with Crippen LogP contribution in [0.3, 0.4) is 0 Å². The third-order valence-corrected chi connectivity index (χ3v) is 3.71. The van der Waals surface area contributed by atoms with Gasteiger partial charge in [0.05, 0.1) is 14.2 Å². The summed E-state index contributed by atoms with van der Waals surface area (Å²) in [5.74, 6) is -5.47. The number of nitrogens with zero attached hydrogens (tertiary/aromatic N) is 2. The van der Waals surface area contributed by atoms with Gasteiger partial charge in [-0.3, -0.25) is 4.68 Å².